The average Bonchev–Trinajstić information content (AvgIpc) is 3.08. The minimum Gasteiger partial charge on any atom is -0.497 e. The van der Waals surface area contributed by atoms with Gasteiger partial charge in [-0.2, -0.15) is 0 Å². The van der Waals surface area contributed by atoms with Crippen molar-refractivity contribution in [2.45, 2.75) is 50.2 Å². The van der Waals surface area contributed by atoms with Crippen molar-refractivity contribution in [2.24, 2.45) is 0 Å². The summed E-state index contributed by atoms with van der Waals surface area (Å²) >= 11 is 3.51. The largest absolute Gasteiger partial charge is 0.497 e. The normalized spacial score (nSPS) is 12.4. The molecule has 0 spiro atoms. The Labute approximate surface area is 285 Å². The summed E-state index contributed by atoms with van der Waals surface area (Å²) < 4.78 is 41.2. The van der Waals surface area contributed by atoms with Crippen molar-refractivity contribution in [2.75, 3.05) is 25.1 Å². The van der Waals surface area contributed by atoms with E-state index >= 15 is 0 Å². The van der Waals surface area contributed by atoms with E-state index in [9.17, 15) is 18.0 Å². The van der Waals surface area contributed by atoms with Gasteiger partial charge in [0.2, 0.25) is 11.8 Å². The molecule has 0 aliphatic heterocycles. The molecule has 0 radical (unpaired) electrons. The van der Waals surface area contributed by atoms with Crippen molar-refractivity contribution >= 4 is 43.5 Å². The Morgan fingerprint density at radius 1 is 0.851 bits per heavy atom. The van der Waals surface area contributed by atoms with Crippen LogP contribution >= 0.6 is 15.9 Å². The first-order valence-corrected chi connectivity index (χ1v) is 17.5. The monoisotopic (exact) mass is 721 g/mol. The lowest BCUT2D eigenvalue weighted by Crippen LogP contribution is -2.54. The van der Waals surface area contributed by atoms with Crippen LogP contribution in [0.15, 0.2) is 112 Å². The van der Waals surface area contributed by atoms with Crippen LogP contribution < -0.4 is 19.1 Å². The van der Waals surface area contributed by atoms with E-state index < -0.39 is 28.5 Å². The van der Waals surface area contributed by atoms with Crippen LogP contribution in [-0.2, 0) is 32.6 Å². The van der Waals surface area contributed by atoms with Gasteiger partial charge in [-0.3, -0.25) is 13.9 Å². The summed E-state index contributed by atoms with van der Waals surface area (Å²) in [6.45, 7) is 3.34. The molecule has 0 aromatic heterocycles. The number of anilines is 1. The van der Waals surface area contributed by atoms with Crippen LogP contribution in [0.2, 0.25) is 0 Å². The molecule has 0 saturated heterocycles. The SMILES string of the molecule is CC[C@@H](C)NC(=O)[C@H](Cc1ccccc1)N(Cc1cccc(Br)c1)C(=O)CN(c1ccccc1OC)S(=O)(=O)c1ccc(OC)cc1. The molecule has 0 aliphatic rings. The number of ether oxygens (including phenoxy) is 2. The van der Waals surface area contributed by atoms with E-state index in [2.05, 4.69) is 21.2 Å². The second kappa shape index (κ2) is 16.5. The smallest absolute Gasteiger partial charge is 0.264 e. The van der Waals surface area contributed by atoms with E-state index in [-0.39, 0.29) is 41.2 Å². The minimum atomic E-state index is -4.31. The number of halogens is 1. The molecule has 0 fully saturated rings. The zero-order chi connectivity index (χ0) is 34.0. The molecule has 2 atom stereocenters. The molecule has 4 rings (SSSR count). The molecule has 9 nitrogen and oxygen atoms in total. The standard InChI is InChI=1S/C36H40BrN3O6S/c1-5-26(2)38-36(42)33(23-27-12-7-6-8-13-27)39(24-28-14-11-15-29(37)22-28)35(41)25-40(32-16-9-10-17-34(32)46-4)47(43,44)31-20-18-30(45-3)19-21-31/h6-22,26,33H,5,23-25H2,1-4H3,(H,38,42)/t26-,33+/m1/s1. The van der Waals surface area contributed by atoms with Crippen LogP contribution in [0.4, 0.5) is 5.69 Å². The summed E-state index contributed by atoms with van der Waals surface area (Å²) in [6, 6.07) is 28.4. The number of para-hydroxylation sites is 2. The number of benzene rings is 4. The van der Waals surface area contributed by atoms with E-state index in [1.54, 1.807) is 36.4 Å². The number of sulfonamides is 1. The topological polar surface area (TPSA) is 105 Å². The van der Waals surface area contributed by atoms with Crippen LogP contribution in [0.3, 0.4) is 0 Å². The maximum absolute atomic E-state index is 14.7. The summed E-state index contributed by atoms with van der Waals surface area (Å²) in [5.74, 6) is -0.131. The number of hydrogen-bond acceptors (Lipinski definition) is 6. The molecule has 2 amide bonds. The third kappa shape index (κ3) is 9.14. The quantitative estimate of drug-likeness (QED) is 0.156. The summed E-state index contributed by atoms with van der Waals surface area (Å²) in [6.07, 6.45) is 0.924. The van der Waals surface area contributed by atoms with Gasteiger partial charge < -0.3 is 19.7 Å². The zero-order valence-electron chi connectivity index (χ0n) is 26.9. The Morgan fingerprint density at radius 2 is 1.51 bits per heavy atom. The van der Waals surface area contributed by atoms with Crippen molar-refractivity contribution in [3.8, 4) is 11.5 Å². The van der Waals surface area contributed by atoms with Gasteiger partial charge in [0.1, 0.15) is 24.1 Å². The van der Waals surface area contributed by atoms with Gasteiger partial charge in [-0.05, 0) is 73.0 Å². The zero-order valence-corrected chi connectivity index (χ0v) is 29.3. The van der Waals surface area contributed by atoms with Crippen LogP contribution in [0.25, 0.3) is 0 Å². The number of methoxy groups -OCH3 is 2. The molecular weight excluding hydrogens is 682 g/mol. The molecule has 11 heteroatoms. The number of nitrogens with zero attached hydrogens (tertiary/aromatic N) is 2. The van der Waals surface area contributed by atoms with Gasteiger partial charge in [-0.1, -0.05) is 77.5 Å². The summed E-state index contributed by atoms with van der Waals surface area (Å²) in [5, 5.41) is 3.05. The van der Waals surface area contributed by atoms with E-state index in [1.165, 1.54) is 31.3 Å². The Balaban J connectivity index is 1.84. The lowest BCUT2D eigenvalue weighted by molar-refractivity contribution is -0.140. The fourth-order valence-corrected chi connectivity index (χ4v) is 6.92. The van der Waals surface area contributed by atoms with Gasteiger partial charge in [0.15, 0.2) is 0 Å². The molecule has 0 unspecified atom stereocenters. The minimum absolute atomic E-state index is 0.0362. The number of carbonyl (C=O) groups is 2. The number of rotatable bonds is 15. The number of hydrogen-bond donors (Lipinski definition) is 1. The molecule has 1 N–H and O–H groups in total. The van der Waals surface area contributed by atoms with Gasteiger partial charge >= 0.3 is 0 Å². The highest BCUT2D eigenvalue weighted by Crippen LogP contribution is 2.33. The van der Waals surface area contributed by atoms with Gasteiger partial charge in [0.05, 0.1) is 24.8 Å². The Kier molecular flexibility index (Phi) is 12.4. The van der Waals surface area contributed by atoms with E-state index in [0.717, 1.165) is 19.9 Å². The maximum Gasteiger partial charge on any atom is 0.264 e. The fourth-order valence-electron chi connectivity index (χ4n) is 5.05. The number of carbonyl (C=O) groups excluding carboxylic acids is 2. The second-order valence-corrected chi connectivity index (χ2v) is 13.8. The summed E-state index contributed by atoms with van der Waals surface area (Å²) in [5.41, 5.74) is 1.81. The van der Waals surface area contributed by atoms with Gasteiger partial charge in [-0.15, -0.1) is 0 Å². The molecule has 248 valence electrons. The second-order valence-electron chi connectivity index (χ2n) is 11.0. The Hall–Kier alpha value is -4.35. The predicted octanol–water partition coefficient (Wildman–Crippen LogP) is 6.22. The highest BCUT2D eigenvalue weighted by molar-refractivity contribution is 9.10. The lowest BCUT2D eigenvalue weighted by atomic mass is 10.0. The Bertz CT molecular complexity index is 1750. The van der Waals surface area contributed by atoms with E-state index in [0.29, 0.717) is 12.2 Å². The lowest BCUT2D eigenvalue weighted by Gasteiger charge is -2.34. The van der Waals surface area contributed by atoms with Gasteiger partial charge in [0, 0.05) is 23.5 Å². The fraction of sp³-hybridized carbons (Fsp3) is 0.278. The third-order valence-corrected chi connectivity index (χ3v) is 10.1. The molecule has 0 heterocycles. The van der Waals surface area contributed by atoms with Crippen LogP contribution in [0.1, 0.15) is 31.4 Å². The van der Waals surface area contributed by atoms with Crippen LogP contribution in [0, 0.1) is 0 Å². The van der Waals surface area contributed by atoms with Crippen molar-refractivity contribution in [1.29, 1.82) is 0 Å². The average molecular weight is 723 g/mol. The molecule has 0 saturated carbocycles. The molecule has 0 bridgehead atoms. The predicted molar refractivity (Wildman–Crippen MR) is 187 cm³/mol. The van der Waals surface area contributed by atoms with Gasteiger partial charge in [0.25, 0.3) is 10.0 Å². The van der Waals surface area contributed by atoms with Gasteiger partial charge in [-0.25, -0.2) is 8.42 Å². The van der Waals surface area contributed by atoms with Crippen molar-refractivity contribution in [1.82, 2.24) is 10.2 Å². The molecule has 4 aromatic rings. The van der Waals surface area contributed by atoms with Crippen molar-refractivity contribution in [3.63, 3.8) is 0 Å². The maximum atomic E-state index is 14.7. The highest BCUT2D eigenvalue weighted by atomic mass is 79.9. The first-order valence-electron chi connectivity index (χ1n) is 15.2. The molecule has 4 aromatic carbocycles. The molecular formula is C36H40BrN3O6S. The van der Waals surface area contributed by atoms with Crippen LogP contribution in [-0.4, -0.2) is 58.0 Å². The third-order valence-electron chi connectivity index (χ3n) is 7.79. The summed E-state index contributed by atoms with van der Waals surface area (Å²) in [7, 11) is -1.37. The first-order chi connectivity index (χ1) is 22.6. The van der Waals surface area contributed by atoms with Crippen molar-refractivity contribution in [3.05, 3.63) is 119 Å². The Morgan fingerprint density at radius 3 is 2.15 bits per heavy atom. The number of amides is 2. The van der Waals surface area contributed by atoms with Crippen molar-refractivity contribution < 1.29 is 27.5 Å². The van der Waals surface area contributed by atoms with E-state index in [1.807, 2.05) is 68.4 Å². The summed E-state index contributed by atoms with van der Waals surface area (Å²) in [4.78, 5) is 30.1. The first kappa shape index (κ1) is 35.5. The molecule has 47 heavy (non-hydrogen) atoms. The number of nitrogens with one attached hydrogen (secondary N) is 1. The van der Waals surface area contributed by atoms with Crippen LogP contribution in [0.5, 0.6) is 11.5 Å². The molecule has 0 aliphatic carbocycles. The van der Waals surface area contributed by atoms with E-state index in [4.69, 9.17) is 9.47 Å². The highest BCUT2D eigenvalue weighted by Gasteiger charge is 2.35.